The number of fused-ring (bicyclic) bond motifs is 1. The third-order valence-electron chi connectivity index (χ3n) is 3.43. The Kier molecular flexibility index (Phi) is 4.19. The number of rotatable bonds is 5. The maximum atomic E-state index is 3.51. The average molecular weight is 329 g/mol. The quantitative estimate of drug-likeness (QED) is 0.695. The van der Waals surface area contributed by atoms with Crippen LogP contribution in [-0.4, -0.2) is 11.1 Å². The average Bonchev–Trinajstić information content (AvgIpc) is 2.87. The number of benzene rings is 2. The third kappa shape index (κ3) is 3.11. The molecule has 1 N–H and O–H groups in total. The Hall–Kier alpha value is -1.58. The van der Waals surface area contributed by atoms with Gasteiger partial charge in [-0.3, -0.25) is 0 Å². The maximum Gasteiger partial charge on any atom is 0.0481 e. The van der Waals surface area contributed by atoms with E-state index >= 15 is 0 Å². The van der Waals surface area contributed by atoms with Crippen LogP contribution in [0.3, 0.4) is 0 Å². The molecule has 102 valence electrons. The molecule has 3 aromatic rings. The molecule has 0 spiro atoms. The highest BCUT2D eigenvalue weighted by Gasteiger charge is 2.01. The highest BCUT2D eigenvalue weighted by Crippen LogP contribution is 2.20. The van der Waals surface area contributed by atoms with Crippen molar-refractivity contribution in [3.05, 3.63) is 70.8 Å². The van der Waals surface area contributed by atoms with E-state index in [1.807, 2.05) is 6.07 Å². The summed E-state index contributed by atoms with van der Waals surface area (Å²) in [5.41, 5.74) is 2.61. The molecule has 2 aromatic carbocycles. The molecular formula is C17H17BrN2. The van der Waals surface area contributed by atoms with Gasteiger partial charge >= 0.3 is 0 Å². The molecule has 0 amide bonds. The summed E-state index contributed by atoms with van der Waals surface area (Å²) in [5.74, 6) is 0. The summed E-state index contributed by atoms with van der Waals surface area (Å²) in [6, 6.07) is 19.1. The van der Waals surface area contributed by atoms with Crippen molar-refractivity contribution in [3.63, 3.8) is 0 Å². The van der Waals surface area contributed by atoms with E-state index in [0.717, 1.165) is 24.1 Å². The summed E-state index contributed by atoms with van der Waals surface area (Å²) in [4.78, 5) is 0. The van der Waals surface area contributed by atoms with Gasteiger partial charge in [0.15, 0.2) is 0 Å². The summed E-state index contributed by atoms with van der Waals surface area (Å²) in [7, 11) is 0. The molecule has 20 heavy (non-hydrogen) atoms. The molecule has 3 rings (SSSR count). The highest BCUT2D eigenvalue weighted by atomic mass is 79.9. The van der Waals surface area contributed by atoms with Crippen LogP contribution < -0.4 is 5.32 Å². The molecule has 0 fully saturated rings. The van der Waals surface area contributed by atoms with E-state index in [1.165, 1.54) is 16.5 Å². The molecule has 1 heterocycles. The summed E-state index contributed by atoms with van der Waals surface area (Å²) >= 11 is 3.51. The number of nitrogens with zero attached hydrogens (tertiary/aromatic N) is 1. The van der Waals surface area contributed by atoms with Crippen LogP contribution in [0.15, 0.2) is 65.3 Å². The fourth-order valence-electron chi connectivity index (χ4n) is 2.39. The molecule has 2 nitrogen and oxygen atoms in total. The molecule has 0 aliphatic rings. The van der Waals surface area contributed by atoms with E-state index in [-0.39, 0.29) is 0 Å². The second kappa shape index (κ2) is 6.25. The molecule has 0 bridgehead atoms. The van der Waals surface area contributed by atoms with Crippen LogP contribution in [0.1, 0.15) is 5.56 Å². The van der Waals surface area contributed by atoms with Crippen LogP contribution in [0.4, 0.5) is 0 Å². The first-order chi connectivity index (χ1) is 9.83. The SMILES string of the molecule is Brc1ccc2c(ccn2CCNCc2ccccc2)c1. The van der Waals surface area contributed by atoms with Crippen LogP contribution in [0.2, 0.25) is 0 Å². The molecule has 1 aromatic heterocycles. The lowest BCUT2D eigenvalue weighted by Crippen LogP contribution is -2.19. The van der Waals surface area contributed by atoms with E-state index in [0.29, 0.717) is 0 Å². The molecular weight excluding hydrogens is 312 g/mol. The van der Waals surface area contributed by atoms with Crippen molar-refractivity contribution in [2.24, 2.45) is 0 Å². The van der Waals surface area contributed by atoms with Crippen molar-refractivity contribution >= 4 is 26.8 Å². The van der Waals surface area contributed by atoms with Gasteiger partial charge in [0.1, 0.15) is 0 Å². The molecule has 3 heteroatoms. The summed E-state index contributed by atoms with van der Waals surface area (Å²) in [5, 5.41) is 4.77. The first-order valence-electron chi connectivity index (χ1n) is 6.82. The normalized spacial score (nSPS) is 11.1. The minimum atomic E-state index is 0.922. The molecule has 0 saturated heterocycles. The fraction of sp³-hybridized carbons (Fsp3) is 0.176. The Morgan fingerprint density at radius 3 is 2.70 bits per heavy atom. The fourth-order valence-corrected chi connectivity index (χ4v) is 2.77. The van der Waals surface area contributed by atoms with Crippen molar-refractivity contribution in [2.45, 2.75) is 13.1 Å². The van der Waals surface area contributed by atoms with Crippen molar-refractivity contribution in [1.29, 1.82) is 0 Å². The largest absolute Gasteiger partial charge is 0.346 e. The standard InChI is InChI=1S/C17H17BrN2/c18-16-6-7-17-15(12-16)8-10-20(17)11-9-19-13-14-4-2-1-3-5-14/h1-8,10,12,19H,9,11,13H2. The van der Waals surface area contributed by atoms with Crippen LogP contribution in [-0.2, 0) is 13.1 Å². The minimum Gasteiger partial charge on any atom is -0.346 e. The molecule has 0 saturated carbocycles. The van der Waals surface area contributed by atoms with E-state index in [4.69, 9.17) is 0 Å². The zero-order valence-electron chi connectivity index (χ0n) is 11.2. The van der Waals surface area contributed by atoms with Crippen molar-refractivity contribution in [2.75, 3.05) is 6.54 Å². The van der Waals surface area contributed by atoms with E-state index in [1.54, 1.807) is 0 Å². The summed E-state index contributed by atoms with van der Waals surface area (Å²) < 4.78 is 3.42. The number of hydrogen-bond acceptors (Lipinski definition) is 1. The zero-order chi connectivity index (χ0) is 13.8. The molecule has 0 unspecified atom stereocenters. The molecule has 0 radical (unpaired) electrons. The lowest BCUT2D eigenvalue weighted by molar-refractivity contribution is 0.609. The van der Waals surface area contributed by atoms with Crippen LogP contribution in [0.25, 0.3) is 10.9 Å². The topological polar surface area (TPSA) is 17.0 Å². The Morgan fingerprint density at radius 2 is 1.85 bits per heavy atom. The van der Waals surface area contributed by atoms with Crippen LogP contribution in [0.5, 0.6) is 0 Å². The second-order valence-electron chi connectivity index (χ2n) is 4.87. The number of nitrogens with one attached hydrogen (secondary N) is 1. The van der Waals surface area contributed by atoms with Gasteiger partial charge in [-0.15, -0.1) is 0 Å². The molecule has 0 aliphatic carbocycles. The van der Waals surface area contributed by atoms with E-state index < -0.39 is 0 Å². The molecule has 0 atom stereocenters. The summed E-state index contributed by atoms with van der Waals surface area (Å²) in [6.45, 7) is 2.87. The first kappa shape index (κ1) is 13.4. The van der Waals surface area contributed by atoms with Crippen molar-refractivity contribution in [1.82, 2.24) is 9.88 Å². The number of halogens is 1. The van der Waals surface area contributed by atoms with Gasteiger partial charge in [0, 0.05) is 41.2 Å². The Bertz CT molecular complexity index is 689. The predicted octanol–water partition coefficient (Wildman–Crippen LogP) is 4.19. The van der Waals surface area contributed by atoms with Crippen molar-refractivity contribution in [3.8, 4) is 0 Å². The second-order valence-corrected chi connectivity index (χ2v) is 5.79. The monoisotopic (exact) mass is 328 g/mol. The van der Waals surface area contributed by atoms with Gasteiger partial charge < -0.3 is 9.88 Å². The first-order valence-corrected chi connectivity index (χ1v) is 7.61. The lowest BCUT2D eigenvalue weighted by Gasteiger charge is -2.07. The summed E-state index contributed by atoms with van der Waals surface area (Å²) in [6.07, 6.45) is 2.15. The van der Waals surface area contributed by atoms with Gasteiger partial charge in [0.05, 0.1) is 0 Å². The Balaban J connectivity index is 1.58. The van der Waals surface area contributed by atoms with Gasteiger partial charge in [0.2, 0.25) is 0 Å². The van der Waals surface area contributed by atoms with E-state index in [2.05, 4.69) is 80.5 Å². The van der Waals surface area contributed by atoms with Crippen molar-refractivity contribution < 1.29 is 0 Å². The smallest absolute Gasteiger partial charge is 0.0481 e. The number of aromatic nitrogens is 1. The maximum absolute atomic E-state index is 3.51. The zero-order valence-corrected chi connectivity index (χ0v) is 12.8. The van der Waals surface area contributed by atoms with Gasteiger partial charge in [-0.05, 0) is 29.8 Å². The Morgan fingerprint density at radius 1 is 1.00 bits per heavy atom. The van der Waals surface area contributed by atoms with Crippen LogP contribution >= 0.6 is 15.9 Å². The minimum absolute atomic E-state index is 0.922. The lowest BCUT2D eigenvalue weighted by atomic mass is 10.2. The highest BCUT2D eigenvalue weighted by molar-refractivity contribution is 9.10. The number of hydrogen-bond donors (Lipinski definition) is 1. The third-order valence-corrected chi connectivity index (χ3v) is 3.93. The molecule has 0 aliphatic heterocycles. The van der Waals surface area contributed by atoms with Gasteiger partial charge in [-0.25, -0.2) is 0 Å². The Labute approximate surface area is 127 Å². The van der Waals surface area contributed by atoms with Gasteiger partial charge in [-0.2, -0.15) is 0 Å². The van der Waals surface area contributed by atoms with E-state index in [9.17, 15) is 0 Å². The van der Waals surface area contributed by atoms with Gasteiger partial charge in [0.25, 0.3) is 0 Å². The van der Waals surface area contributed by atoms with Crippen LogP contribution in [0, 0.1) is 0 Å². The van der Waals surface area contributed by atoms with Gasteiger partial charge in [-0.1, -0.05) is 46.3 Å². The predicted molar refractivity (Wildman–Crippen MR) is 87.8 cm³/mol.